The summed E-state index contributed by atoms with van der Waals surface area (Å²) in [7, 11) is 0. The van der Waals surface area contributed by atoms with Crippen LogP contribution in [-0.2, 0) is 0 Å². The summed E-state index contributed by atoms with van der Waals surface area (Å²) in [6.45, 7) is 5.08. The molecule has 0 spiro atoms. The monoisotopic (exact) mass is 478 g/mol. The number of para-hydroxylation sites is 2. The summed E-state index contributed by atoms with van der Waals surface area (Å²) in [4.78, 5) is 33.7. The smallest absolute Gasteiger partial charge is 0.255 e. The summed E-state index contributed by atoms with van der Waals surface area (Å²) in [5.41, 5.74) is 11.0. The zero-order valence-corrected chi connectivity index (χ0v) is 20.0. The topological polar surface area (TPSA) is 114 Å². The van der Waals surface area contributed by atoms with E-state index in [1.807, 2.05) is 42.6 Å². The number of hydrogen-bond acceptors (Lipinski definition) is 5. The molecule has 8 nitrogen and oxygen atoms in total. The van der Waals surface area contributed by atoms with Crippen LogP contribution in [0.2, 0.25) is 0 Å². The second-order valence-corrected chi connectivity index (χ2v) is 9.00. The fourth-order valence-electron chi connectivity index (χ4n) is 4.05. The first kappa shape index (κ1) is 23.0. The Morgan fingerprint density at radius 2 is 1.75 bits per heavy atom. The number of hydrogen-bond donors (Lipinski definition) is 3. The van der Waals surface area contributed by atoms with Gasteiger partial charge in [-0.3, -0.25) is 14.0 Å². The molecule has 0 saturated carbocycles. The minimum absolute atomic E-state index is 0.281. The normalized spacial score (nSPS) is 11.2. The molecule has 0 saturated heterocycles. The predicted octanol–water partition coefficient (Wildman–Crippen LogP) is 4.97. The third-order valence-corrected chi connectivity index (χ3v) is 5.85. The van der Waals surface area contributed by atoms with Crippen molar-refractivity contribution in [1.29, 1.82) is 0 Å². The van der Waals surface area contributed by atoms with Gasteiger partial charge in [0.15, 0.2) is 11.5 Å². The Kier molecular flexibility index (Phi) is 6.08. The van der Waals surface area contributed by atoms with E-state index in [0.29, 0.717) is 22.7 Å². The van der Waals surface area contributed by atoms with Crippen LogP contribution in [0.25, 0.3) is 27.9 Å². The van der Waals surface area contributed by atoms with Gasteiger partial charge in [0.1, 0.15) is 0 Å². The number of nitrogens with one attached hydrogen (secondary N) is 2. The molecule has 5 aromatic rings. The number of rotatable bonds is 7. The lowest BCUT2D eigenvalue weighted by atomic mass is 10.1. The molecule has 0 aliphatic carbocycles. The van der Waals surface area contributed by atoms with Crippen LogP contribution in [0.15, 0.2) is 79.0 Å². The number of nitrogens with zero attached hydrogens (tertiary/aromatic N) is 3. The molecule has 0 radical (unpaired) electrons. The molecular formula is C28H26N6O2. The molecule has 0 aliphatic rings. The van der Waals surface area contributed by atoms with Crippen molar-refractivity contribution in [3.8, 4) is 11.3 Å². The number of fused-ring (bicyclic) bond motifs is 3. The van der Waals surface area contributed by atoms with Crippen molar-refractivity contribution < 1.29 is 9.59 Å². The molecule has 4 N–H and O–H groups in total. The van der Waals surface area contributed by atoms with Gasteiger partial charge in [0.2, 0.25) is 5.91 Å². The standard InChI is InChI=1S/C28H26N6O2/c1-17(2)15-30-26-27-31-16-24(34(27)23-9-4-3-8-22(23)33-26)18-10-12-19(13-11-18)28(36)32-21-7-5-6-20(14-21)25(29)35/h3-14,16-17H,15H2,1-2H3,(H2,29,35)(H,30,33)(H,32,36). The number of benzene rings is 3. The Bertz CT molecular complexity index is 1590. The molecule has 2 heterocycles. The number of carbonyl (C=O) groups is 2. The van der Waals surface area contributed by atoms with E-state index in [2.05, 4.69) is 33.9 Å². The number of anilines is 2. The number of imidazole rings is 1. The van der Waals surface area contributed by atoms with E-state index in [1.54, 1.807) is 36.4 Å². The van der Waals surface area contributed by atoms with Gasteiger partial charge in [0, 0.05) is 28.9 Å². The Morgan fingerprint density at radius 1 is 0.972 bits per heavy atom. The molecule has 0 aliphatic heterocycles. The van der Waals surface area contributed by atoms with Crippen LogP contribution in [0.5, 0.6) is 0 Å². The van der Waals surface area contributed by atoms with Crippen molar-refractivity contribution in [3.63, 3.8) is 0 Å². The summed E-state index contributed by atoms with van der Waals surface area (Å²) >= 11 is 0. The number of amides is 2. The zero-order chi connectivity index (χ0) is 25.2. The Morgan fingerprint density at radius 3 is 2.50 bits per heavy atom. The van der Waals surface area contributed by atoms with E-state index >= 15 is 0 Å². The third-order valence-electron chi connectivity index (χ3n) is 5.85. The van der Waals surface area contributed by atoms with Crippen molar-refractivity contribution in [3.05, 3.63) is 90.1 Å². The average Bonchev–Trinajstić information content (AvgIpc) is 3.33. The number of aromatic nitrogens is 3. The van der Waals surface area contributed by atoms with Gasteiger partial charge in [-0.2, -0.15) is 0 Å². The molecule has 0 bridgehead atoms. The van der Waals surface area contributed by atoms with Crippen LogP contribution in [0, 0.1) is 5.92 Å². The lowest BCUT2D eigenvalue weighted by molar-refractivity contribution is 0.0996. The Labute approximate surface area is 208 Å². The minimum atomic E-state index is -0.547. The maximum atomic E-state index is 12.8. The fourth-order valence-corrected chi connectivity index (χ4v) is 4.05. The largest absolute Gasteiger partial charge is 0.367 e. The molecule has 0 atom stereocenters. The molecule has 8 heteroatoms. The van der Waals surface area contributed by atoms with Crippen LogP contribution in [-0.4, -0.2) is 32.7 Å². The molecule has 0 unspecified atom stereocenters. The molecule has 2 amide bonds. The molecule has 2 aromatic heterocycles. The Balaban J connectivity index is 1.48. The summed E-state index contributed by atoms with van der Waals surface area (Å²) < 4.78 is 2.09. The second kappa shape index (κ2) is 9.50. The van der Waals surface area contributed by atoms with Crippen molar-refractivity contribution in [2.24, 2.45) is 11.7 Å². The number of primary amides is 1. The summed E-state index contributed by atoms with van der Waals surface area (Å²) in [5, 5.41) is 6.24. The quantitative estimate of drug-likeness (QED) is 0.306. The van der Waals surface area contributed by atoms with Crippen molar-refractivity contribution >= 4 is 40.0 Å². The highest BCUT2D eigenvalue weighted by Gasteiger charge is 2.16. The lowest BCUT2D eigenvalue weighted by Gasteiger charge is -2.13. The van der Waals surface area contributed by atoms with E-state index < -0.39 is 5.91 Å². The van der Waals surface area contributed by atoms with Crippen LogP contribution < -0.4 is 16.4 Å². The maximum absolute atomic E-state index is 12.8. The van der Waals surface area contributed by atoms with Gasteiger partial charge in [0.25, 0.3) is 5.91 Å². The van der Waals surface area contributed by atoms with Gasteiger partial charge in [-0.05, 0) is 48.4 Å². The molecular weight excluding hydrogens is 452 g/mol. The Hall–Kier alpha value is -4.72. The summed E-state index contributed by atoms with van der Waals surface area (Å²) in [6.07, 6.45) is 1.83. The highest BCUT2D eigenvalue weighted by molar-refractivity contribution is 6.05. The molecule has 36 heavy (non-hydrogen) atoms. The van der Waals surface area contributed by atoms with E-state index in [0.717, 1.165) is 40.3 Å². The third kappa shape index (κ3) is 4.48. The minimum Gasteiger partial charge on any atom is -0.367 e. The van der Waals surface area contributed by atoms with E-state index in [4.69, 9.17) is 10.7 Å². The number of nitrogens with two attached hydrogens (primary N) is 1. The van der Waals surface area contributed by atoms with E-state index in [1.165, 1.54) is 0 Å². The van der Waals surface area contributed by atoms with Gasteiger partial charge in [0.05, 0.1) is 22.9 Å². The predicted molar refractivity (Wildman–Crippen MR) is 142 cm³/mol. The van der Waals surface area contributed by atoms with Crippen LogP contribution >= 0.6 is 0 Å². The summed E-state index contributed by atoms with van der Waals surface area (Å²) in [5.74, 6) is 0.373. The highest BCUT2D eigenvalue weighted by atomic mass is 16.2. The molecule has 3 aromatic carbocycles. The van der Waals surface area contributed by atoms with Crippen molar-refractivity contribution in [2.45, 2.75) is 13.8 Å². The van der Waals surface area contributed by atoms with Gasteiger partial charge in [-0.15, -0.1) is 0 Å². The molecule has 5 rings (SSSR count). The van der Waals surface area contributed by atoms with Crippen LogP contribution in [0.3, 0.4) is 0 Å². The first-order valence-corrected chi connectivity index (χ1v) is 11.7. The van der Waals surface area contributed by atoms with Crippen LogP contribution in [0.4, 0.5) is 11.5 Å². The second-order valence-electron chi connectivity index (χ2n) is 9.00. The lowest BCUT2D eigenvalue weighted by Crippen LogP contribution is -2.14. The van der Waals surface area contributed by atoms with Gasteiger partial charge in [-0.1, -0.05) is 44.2 Å². The van der Waals surface area contributed by atoms with Gasteiger partial charge in [-0.25, -0.2) is 9.97 Å². The van der Waals surface area contributed by atoms with Gasteiger partial charge >= 0.3 is 0 Å². The van der Waals surface area contributed by atoms with Crippen LogP contribution in [0.1, 0.15) is 34.6 Å². The molecule has 180 valence electrons. The SMILES string of the molecule is CC(C)CNc1nc2ccccc2n2c(-c3ccc(C(=O)Nc4cccc(C(N)=O)c4)cc3)cnc12. The van der Waals surface area contributed by atoms with Crippen molar-refractivity contribution in [1.82, 2.24) is 14.4 Å². The number of carbonyl (C=O) groups excluding carboxylic acids is 2. The highest BCUT2D eigenvalue weighted by Crippen LogP contribution is 2.29. The average molecular weight is 479 g/mol. The fraction of sp³-hybridized carbons (Fsp3) is 0.143. The van der Waals surface area contributed by atoms with E-state index in [-0.39, 0.29) is 5.91 Å². The first-order valence-electron chi connectivity index (χ1n) is 11.7. The zero-order valence-electron chi connectivity index (χ0n) is 20.0. The van der Waals surface area contributed by atoms with Gasteiger partial charge < -0.3 is 16.4 Å². The summed E-state index contributed by atoms with van der Waals surface area (Å²) in [6, 6.07) is 21.8. The van der Waals surface area contributed by atoms with Crippen molar-refractivity contribution in [2.75, 3.05) is 17.2 Å². The van der Waals surface area contributed by atoms with E-state index in [9.17, 15) is 9.59 Å². The first-order chi connectivity index (χ1) is 17.4. The molecule has 0 fully saturated rings. The maximum Gasteiger partial charge on any atom is 0.255 e.